The monoisotopic (exact) mass is 414 g/mol. The lowest BCUT2D eigenvalue weighted by Crippen LogP contribution is -2.20. The Labute approximate surface area is 159 Å². The number of nitrogen functional groups attached to an aromatic ring is 1. The first-order valence-corrected chi connectivity index (χ1v) is 8.92. The standard InChI is InChI=1S/C15H12F2N4O4S2/c16-6-2-1-3-7(17)10(6)14-21-11(12(18)26-14)13(24)20-8-4-19-27-15(8)25-9(23)5-22/h1-4,9,22-23H,5,18H2,(H,20,24). The molecule has 1 unspecified atom stereocenters. The van der Waals surface area contributed by atoms with Gasteiger partial charge in [0.25, 0.3) is 5.91 Å². The Kier molecular flexibility index (Phi) is 5.60. The van der Waals surface area contributed by atoms with Gasteiger partial charge < -0.3 is 26.0 Å². The Morgan fingerprint density at radius 3 is 2.74 bits per heavy atom. The summed E-state index contributed by atoms with van der Waals surface area (Å²) in [6.45, 7) is -0.651. The van der Waals surface area contributed by atoms with Gasteiger partial charge in [-0.1, -0.05) is 17.4 Å². The van der Waals surface area contributed by atoms with Gasteiger partial charge in [0, 0.05) is 11.5 Å². The minimum absolute atomic E-state index is 0.0359. The number of nitrogens with zero attached hydrogens (tertiary/aromatic N) is 2. The second-order valence-electron chi connectivity index (χ2n) is 5.06. The zero-order valence-electron chi connectivity index (χ0n) is 13.3. The second-order valence-corrected chi connectivity index (χ2v) is 6.86. The highest BCUT2D eigenvalue weighted by molar-refractivity contribution is 7.19. The Morgan fingerprint density at radius 1 is 1.37 bits per heavy atom. The summed E-state index contributed by atoms with van der Waals surface area (Å²) >= 11 is 1.60. The van der Waals surface area contributed by atoms with E-state index in [1.165, 1.54) is 12.3 Å². The first-order chi connectivity index (χ1) is 12.9. The van der Waals surface area contributed by atoms with E-state index in [-0.39, 0.29) is 32.0 Å². The summed E-state index contributed by atoms with van der Waals surface area (Å²) in [4.78, 5) is 16.4. The number of hydrogen-bond donors (Lipinski definition) is 4. The van der Waals surface area contributed by atoms with E-state index >= 15 is 0 Å². The Bertz CT molecular complexity index is 958. The molecule has 0 fully saturated rings. The van der Waals surface area contributed by atoms with Crippen LogP contribution in [0.1, 0.15) is 10.5 Å². The molecule has 0 saturated heterocycles. The summed E-state index contributed by atoms with van der Waals surface area (Å²) in [6.07, 6.45) is -0.219. The number of ether oxygens (including phenoxy) is 1. The molecule has 2 heterocycles. The number of nitrogens with one attached hydrogen (secondary N) is 1. The van der Waals surface area contributed by atoms with Gasteiger partial charge in [-0.3, -0.25) is 4.79 Å². The molecule has 0 saturated carbocycles. The third-order valence-electron chi connectivity index (χ3n) is 3.23. The Balaban J connectivity index is 1.85. The topological polar surface area (TPSA) is 131 Å². The smallest absolute Gasteiger partial charge is 0.277 e. The molecule has 5 N–H and O–H groups in total. The molecule has 8 nitrogen and oxygen atoms in total. The predicted octanol–water partition coefficient (Wildman–Crippen LogP) is 2.07. The van der Waals surface area contributed by atoms with Crippen LogP contribution in [0.3, 0.4) is 0 Å². The van der Waals surface area contributed by atoms with E-state index in [4.69, 9.17) is 15.6 Å². The fraction of sp³-hybridized carbons (Fsp3) is 0.133. The van der Waals surface area contributed by atoms with Crippen molar-refractivity contribution in [3.63, 3.8) is 0 Å². The zero-order chi connectivity index (χ0) is 19.6. The van der Waals surface area contributed by atoms with Crippen molar-refractivity contribution in [3.8, 4) is 15.6 Å². The molecule has 1 amide bonds. The lowest BCUT2D eigenvalue weighted by molar-refractivity contribution is -0.0522. The van der Waals surface area contributed by atoms with Gasteiger partial charge in [-0.15, -0.1) is 0 Å². The number of rotatable bonds is 6. The average Bonchev–Trinajstić information content (AvgIpc) is 3.21. The van der Waals surface area contributed by atoms with Crippen LogP contribution in [0.5, 0.6) is 5.06 Å². The van der Waals surface area contributed by atoms with E-state index in [2.05, 4.69) is 14.7 Å². The SMILES string of the molecule is Nc1sc(-c2c(F)cccc2F)nc1C(=O)Nc1cnsc1OC(O)CO. The number of thiazole rings is 1. The van der Waals surface area contributed by atoms with Crippen molar-refractivity contribution in [1.29, 1.82) is 0 Å². The highest BCUT2D eigenvalue weighted by atomic mass is 32.1. The third-order valence-corrected chi connectivity index (χ3v) is 4.82. The van der Waals surface area contributed by atoms with Gasteiger partial charge in [0.05, 0.1) is 11.8 Å². The number of aliphatic hydroxyl groups is 2. The maximum absolute atomic E-state index is 13.9. The number of carbonyl (C=O) groups excluding carboxylic acids is 1. The highest BCUT2D eigenvalue weighted by Crippen LogP contribution is 2.35. The molecule has 0 spiro atoms. The minimum Gasteiger partial charge on any atom is -0.449 e. The van der Waals surface area contributed by atoms with Crippen LogP contribution in [-0.4, -0.2) is 38.4 Å². The van der Waals surface area contributed by atoms with Crippen molar-refractivity contribution in [1.82, 2.24) is 9.36 Å². The molecule has 0 aliphatic rings. The van der Waals surface area contributed by atoms with Gasteiger partial charge in [0.1, 0.15) is 33.9 Å². The number of nitrogens with two attached hydrogens (primary N) is 1. The van der Waals surface area contributed by atoms with Crippen LogP contribution >= 0.6 is 22.9 Å². The first kappa shape index (κ1) is 19.1. The van der Waals surface area contributed by atoms with Gasteiger partial charge in [0.2, 0.25) is 11.4 Å². The summed E-state index contributed by atoms with van der Waals surface area (Å²) in [6, 6.07) is 3.36. The molecule has 0 bridgehead atoms. The van der Waals surface area contributed by atoms with Crippen LogP contribution in [0.4, 0.5) is 19.5 Å². The number of anilines is 2. The van der Waals surface area contributed by atoms with E-state index in [0.29, 0.717) is 0 Å². The normalized spacial score (nSPS) is 12.0. The molecule has 0 aliphatic carbocycles. The molecule has 1 atom stereocenters. The van der Waals surface area contributed by atoms with Crippen molar-refractivity contribution >= 4 is 39.5 Å². The van der Waals surface area contributed by atoms with Crippen molar-refractivity contribution in [3.05, 3.63) is 41.7 Å². The Hall–Kier alpha value is -2.67. The van der Waals surface area contributed by atoms with E-state index in [0.717, 1.165) is 35.0 Å². The number of benzene rings is 1. The zero-order valence-corrected chi connectivity index (χ0v) is 15.0. The van der Waals surface area contributed by atoms with Crippen molar-refractivity contribution in [2.45, 2.75) is 6.29 Å². The molecular formula is C15H12F2N4O4S2. The lowest BCUT2D eigenvalue weighted by atomic mass is 10.2. The van der Waals surface area contributed by atoms with Gasteiger partial charge >= 0.3 is 0 Å². The molecule has 0 radical (unpaired) electrons. The van der Waals surface area contributed by atoms with Gasteiger partial charge in [-0.25, -0.2) is 13.8 Å². The average molecular weight is 414 g/mol. The molecule has 142 valence electrons. The molecule has 1 aromatic carbocycles. The second kappa shape index (κ2) is 7.92. The molecule has 2 aromatic heterocycles. The number of aliphatic hydroxyl groups excluding tert-OH is 2. The van der Waals surface area contributed by atoms with E-state index in [1.807, 2.05) is 0 Å². The van der Waals surface area contributed by atoms with Gasteiger partial charge in [-0.2, -0.15) is 4.37 Å². The molecule has 12 heteroatoms. The molecule has 3 aromatic rings. The van der Waals surface area contributed by atoms with E-state index in [9.17, 15) is 18.7 Å². The molecule has 3 rings (SSSR count). The van der Waals surface area contributed by atoms with E-state index in [1.54, 1.807) is 0 Å². The Morgan fingerprint density at radius 2 is 2.07 bits per heavy atom. The van der Waals surface area contributed by atoms with Gasteiger partial charge in [0.15, 0.2) is 5.69 Å². The van der Waals surface area contributed by atoms with Crippen molar-refractivity contribution < 1.29 is 28.5 Å². The van der Waals surface area contributed by atoms with Crippen molar-refractivity contribution in [2.24, 2.45) is 0 Å². The highest BCUT2D eigenvalue weighted by Gasteiger charge is 2.23. The van der Waals surface area contributed by atoms with Crippen LogP contribution < -0.4 is 15.8 Å². The molecule has 27 heavy (non-hydrogen) atoms. The quantitative estimate of drug-likeness (QED) is 0.454. The number of carbonyl (C=O) groups is 1. The minimum atomic E-state index is -1.49. The number of amides is 1. The van der Waals surface area contributed by atoms with Crippen LogP contribution in [0.25, 0.3) is 10.6 Å². The first-order valence-electron chi connectivity index (χ1n) is 7.33. The fourth-order valence-corrected chi connectivity index (χ4v) is 3.53. The summed E-state index contributed by atoms with van der Waals surface area (Å²) in [5, 5.41) is 20.5. The maximum Gasteiger partial charge on any atom is 0.277 e. The largest absolute Gasteiger partial charge is 0.449 e. The summed E-state index contributed by atoms with van der Waals surface area (Å²) in [5.41, 5.74) is 5.30. The number of halogens is 2. The van der Waals surface area contributed by atoms with Crippen LogP contribution in [0.2, 0.25) is 0 Å². The summed E-state index contributed by atoms with van der Waals surface area (Å²) < 4.78 is 36.6. The van der Waals surface area contributed by atoms with Crippen LogP contribution in [-0.2, 0) is 0 Å². The maximum atomic E-state index is 13.9. The lowest BCUT2D eigenvalue weighted by Gasteiger charge is -2.10. The molecular weight excluding hydrogens is 402 g/mol. The predicted molar refractivity (Wildman–Crippen MR) is 95.7 cm³/mol. The number of hydrogen-bond acceptors (Lipinski definition) is 9. The van der Waals surface area contributed by atoms with Crippen LogP contribution in [0, 0.1) is 11.6 Å². The van der Waals surface area contributed by atoms with Crippen LogP contribution in [0.15, 0.2) is 24.4 Å². The molecule has 0 aliphatic heterocycles. The fourth-order valence-electron chi connectivity index (χ4n) is 2.04. The van der Waals surface area contributed by atoms with Gasteiger partial charge in [-0.05, 0) is 12.1 Å². The summed E-state index contributed by atoms with van der Waals surface area (Å²) in [5.74, 6) is -2.41. The van der Waals surface area contributed by atoms with Crippen molar-refractivity contribution in [2.75, 3.05) is 17.7 Å². The number of aromatic nitrogens is 2. The summed E-state index contributed by atoms with van der Waals surface area (Å²) in [7, 11) is 0. The third kappa shape index (κ3) is 4.03. The van der Waals surface area contributed by atoms with E-state index < -0.39 is 30.4 Å².